The summed E-state index contributed by atoms with van der Waals surface area (Å²) >= 11 is 6.09. The number of rotatable bonds is 3. The van der Waals surface area contributed by atoms with Crippen LogP contribution in [0, 0.1) is 0 Å². The molecule has 2 rings (SSSR count). The molecule has 4 nitrogen and oxygen atoms in total. The van der Waals surface area contributed by atoms with E-state index >= 15 is 0 Å². The highest BCUT2D eigenvalue weighted by atomic mass is 35.5. The minimum Gasteiger partial charge on any atom is -0.462 e. The Labute approximate surface area is 104 Å². The summed E-state index contributed by atoms with van der Waals surface area (Å²) in [6, 6.07) is 9.35. The summed E-state index contributed by atoms with van der Waals surface area (Å²) in [5.74, 6) is -0.459. The fraction of sp³-hybridized carbons (Fsp3) is 0.167. The monoisotopic (exact) mass is 250 g/mol. The van der Waals surface area contributed by atoms with Crippen LogP contribution in [0.3, 0.4) is 0 Å². The van der Waals surface area contributed by atoms with Gasteiger partial charge in [0.15, 0.2) is 0 Å². The standard InChI is InChI=1S/C12H11ClN2O2/c1-2-17-12(16)10-8-14-15(11(10)13)9-6-4-3-5-7-9/h3-8H,2H2,1H3. The number of hydrogen-bond donors (Lipinski definition) is 0. The van der Waals surface area contributed by atoms with Crippen LogP contribution in [0.2, 0.25) is 5.15 Å². The number of aromatic nitrogens is 2. The summed E-state index contributed by atoms with van der Waals surface area (Å²) in [5, 5.41) is 4.33. The second-order valence-corrected chi connectivity index (χ2v) is 3.67. The molecule has 0 radical (unpaired) electrons. The molecule has 0 bridgehead atoms. The van der Waals surface area contributed by atoms with Gasteiger partial charge in [-0.25, -0.2) is 9.48 Å². The van der Waals surface area contributed by atoms with Gasteiger partial charge in [-0.1, -0.05) is 29.8 Å². The Morgan fingerprint density at radius 1 is 1.41 bits per heavy atom. The maximum absolute atomic E-state index is 11.6. The summed E-state index contributed by atoms with van der Waals surface area (Å²) in [6.07, 6.45) is 1.41. The molecule has 1 aromatic carbocycles. The molecule has 0 aliphatic rings. The molecular weight excluding hydrogens is 240 g/mol. The zero-order valence-corrected chi connectivity index (χ0v) is 10.0. The lowest BCUT2D eigenvalue weighted by Gasteiger charge is -2.03. The van der Waals surface area contributed by atoms with Gasteiger partial charge < -0.3 is 4.74 Å². The molecular formula is C12H11ClN2O2. The molecule has 0 saturated carbocycles. The Morgan fingerprint density at radius 3 is 2.76 bits per heavy atom. The van der Waals surface area contributed by atoms with E-state index in [2.05, 4.69) is 5.10 Å². The molecule has 1 aromatic heterocycles. The van der Waals surface area contributed by atoms with Crippen LogP contribution in [-0.4, -0.2) is 22.4 Å². The van der Waals surface area contributed by atoms with Crippen LogP contribution in [0.4, 0.5) is 0 Å². The van der Waals surface area contributed by atoms with E-state index < -0.39 is 5.97 Å². The molecule has 0 fully saturated rings. The summed E-state index contributed by atoms with van der Waals surface area (Å²) < 4.78 is 6.38. The van der Waals surface area contributed by atoms with Crippen molar-refractivity contribution in [2.24, 2.45) is 0 Å². The highest BCUT2D eigenvalue weighted by Crippen LogP contribution is 2.20. The van der Waals surface area contributed by atoms with Gasteiger partial charge in [0.2, 0.25) is 0 Å². The van der Waals surface area contributed by atoms with E-state index in [1.54, 1.807) is 6.92 Å². The van der Waals surface area contributed by atoms with E-state index in [9.17, 15) is 4.79 Å². The third kappa shape index (κ3) is 2.31. The van der Waals surface area contributed by atoms with Crippen LogP contribution < -0.4 is 0 Å². The minimum absolute atomic E-state index is 0.259. The average molecular weight is 251 g/mol. The zero-order valence-electron chi connectivity index (χ0n) is 9.26. The average Bonchev–Trinajstić information content (AvgIpc) is 2.72. The molecule has 0 atom stereocenters. The van der Waals surface area contributed by atoms with Gasteiger partial charge in [0.25, 0.3) is 0 Å². The van der Waals surface area contributed by atoms with Crippen molar-refractivity contribution >= 4 is 17.6 Å². The highest BCUT2D eigenvalue weighted by molar-refractivity contribution is 6.32. The van der Waals surface area contributed by atoms with Crippen molar-refractivity contribution in [3.8, 4) is 5.69 Å². The molecule has 17 heavy (non-hydrogen) atoms. The Balaban J connectivity index is 2.37. The van der Waals surface area contributed by atoms with Gasteiger partial charge in [-0.3, -0.25) is 0 Å². The first-order chi connectivity index (χ1) is 8.24. The molecule has 0 amide bonds. The first-order valence-electron chi connectivity index (χ1n) is 5.20. The third-order valence-electron chi connectivity index (χ3n) is 2.21. The molecule has 1 heterocycles. The Kier molecular flexibility index (Phi) is 3.44. The predicted octanol–water partition coefficient (Wildman–Crippen LogP) is 2.70. The van der Waals surface area contributed by atoms with E-state index in [1.165, 1.54) is 10.9 Å². The van der Waals surface area contributed by atoms with Gasteiger partial charge in [-0.15, -0.1) is 0 Å². The summed E-state index contributed by atoms with van der Waals surface area (Å²) in [4.78, 5) is 11.6. The van der Waals surface area contributed by atoms with E-state index in [0.717, 1.165) is 5.69 Å². The molecule has 0 unspecified atom stereocenters. The van der Waals surface area contributed by atoms with Crippen LogP contribution in [0.15, 0.2) is 36.5 Å². The quantitative estimate of drug-likeness (QED) is 0.787. The predicted molar refractivity (Wildman–Crippen MR) is 64.5 cm³/mol. The fourth-order valence-electron chi connectivity index (χ4n) is 1.43. The van der Waals surface area contributed by atoms with E-state index in [-0.39, 0.29) is 10.7 Å². The van der Waals surface area contributed by atoms with E-state index in [0.29, 0.717) is 6.61 Å². The van der Waals surface area contributed by atoms with Crippen LogP contribution >= 0.6 is 11.6 Å². The van der Waals surface area contributed by atoms with Crippen LogP contribution in [-0.2, 0) is 4.74 Å². The van der Waals surface area contributed by atoms with Crippen molar-refractivity contribution in [1.29, 1.82) is 0 Å². The van der Waals surface area contributed by atoms with Gasteiger partial charge >= 0.3 is 5.97 Å². The number of carbonyl (C=O) groups excluding carboxylic acids is 1. The number of ether oxygens (including phenoxy) is 1. The van der Waals surface area contributed by atoms with Crippen molar-refractivity contribution in [1.82, 2.24) is 9.78 Å². The molecule has 0 aliphatic carbocycles. The maximum Gasteiger partial charge on any atom is 0.342 e. The Hall–Kier alpha value is -1.81. The summed E-state index contributed by atoms with van der Waals surface area (Å²) in [5.41, 5.74) is 1.07. The normalized spacial score (nSPS) is 10.2. The smallest absolute Gasteiger partial charge is 0.342 e. The zero-order chi connectivity index (χ0) is 12.3. The van der Waals surface area contributed by atoms with Crippen LogP contribution in [0.25, 0.3) is 5.69 Å². The van der Waals surface area contributed by atoms with Gasteiger partial charge in [0, 0.05) is 0 Å². The second-order valence-electron chi connectivity index (χ2n) is 3.32. The molecule has 5 heteroatoms. The number of nitrogens with zero attached hydrogens (tertiary/aromatic N) is 2. The summed E-state index contributed by atoms with van der Waals surface area (Å²) in [6.45, 7) is 2.05. The first kappa shape index (κ1) is 11.7. The molecule has 0 saturated heterocycles. The number of carbonyl (C=O) groups is 1. The van der Waals surface area contributed by atoms with Crippen molar-refractivity contribution in [3.05, 3.63) is 47.2 Å². The van der Waals surface area contributed by atoms with Crippen molar-refractivity contribution in [2.45, 2.75) is 6.92 Å². The van der Waals surface area contributed by atoms with Gasteiger partial charge in [0.05, 0.1) is 18.5 Å². The lowest BCUT2D eigenvalue weighted by Crippen LogP contribution is -2.04. The van der Waals surface area contributed by atoms with Gasteiger partial charge in [-0.2, -0.15) is 5.10 Å². The molecule has 2 aromatic rings. The number of esters is 1. The fourth-order valence-corrected chi connectivity index (χ4v) is 1.70. The van der Waals surface area contributed by atoms with Crippen molar-refractivity contribution in [2.75, 3.05) is 6.61 Å². The molecule has 0 aliphatic heterocycles. The number of hydrogen-bond acceptors (Lipinski definition) is 3. The Bertz CT molecular complexity index is 523. The van der Waals surface area contributed by atoms with E-state index in [4.69, 9.17) is 16.3 Å². The number of halogens is 1. The molecule has 0 N–H and O–H groups in total. The highest BCUT2D eigenvalue weighted by Gasteiger charge is 2.17. The lowest BCUT2D eigenvalue weighted by atomic mass is 10.3. The number of para-hydroxylation sites is 1. The van der Waals surface area contributed by atoms with Crippen LogP contribution in [0.5, 0.6) is 0 Å². The summed E-state index contributed by atoms with van der Waals surface area (Å²) in [7, 11) is 0. The lowest BCUT2D eigenvalue weighted by molar-refractivity contribution is 0.0526. The third-order valence-corrected chi connectivity index (χ3v) is 2.57. The van der Waals surface area contributed by atoms with Crippen molar-refractivity contribution < 1.29 is 9.53 Å². The van der Waals surface area contributed by atoms with Gasteiger partial charge in [0.1, 0.15) is 10.7 Å². The van der Waals surface area contributed by atoms with Crippen molar-refractivity contribution in [3.63, 3.8) is 0 Å². The molecule has 0 spiro atoms. The Morgan fingerprint density at radius 2 is 2.12 bits per heavy atom. The number of benzene rings is 1. The molecule has 88 valence electrons. The van der Waals surface area contributed by atoms with Crippen LogP contribution in [0.1, 0.15) is 17.3 Å². The topological polar surface area (TPSA) is 44.1 Å². The van der Waals surface area contributed by atoms with Gasteiger partial charge in [-0.05, 0) is 19.1 Å². The second kappa shape index (κ2) is 5.01. The SMILES string of the molecule is CCOC(=O)c1cnn(-c2ccccc2)c1Cl. The first-order valence-corrected chi connectivity index (χ1v) is 5.58. The largest absolute Gasteiger partial charge is 0.462 e. The van der Waals surface area contributed by atoms with E-state index in [1.807, 2.05) is 30.3 Å². The maximum atomic E-state index is 11.6. The minimum atomic E-state index is -0.459.